The molecule has 2 rings (SSSR count). The second kappa shape index (κ2) is 5.73. The predicted octanol–water partition coefficient (Wildman–Crippen LogP) is 2.21. The smallest absolute Gasteiger partial charge is 0.190 e. The summed E-state index contributed by atoms with van der Waals surface area (Å²) >= 11 is 0. The molecule has 0 saturated carbocycles. The minimum absolute atomic E-state index is 0.249. The highest BCUT2D eigenvalue weighted by atomic mass is 19.1. The van der Waals surface area contributed by atoms with Crippen LogP contribution >= 0.6 is 0 Å². The van der Waals surface area contributed by atoms with Gasteiger partial charge in [-0.1, -0.05) is 6.92 Å². The van der Waals surface area contributed by atoms with Crippen LogP contribution in [0.2, 0.25) is 0 Å². The van der Waals surface area contributed by atoms with Crippen molar-refractivity contribution in [1.82, 2.24) is 20.1 Å². The molecule has 0 saturated heterocycles. The summed E-state index contributed by atoms with van der Waals surface area (Å²) in [4.78, 5) is 4.05. The Bertz CT molecular complexity index is 521. The molecule has 0 fully saturated rings. The van der Waals surface area contributed by atoms with Gasteiger partial charge in [-0.25, -0.2) is 14.1 Å². The summed E-state index contributed by atoms with van der Waals surface area (Å²) in [7, 11) is 0. The molecule has 0 radical (unpaired) electrons. The Labute approximate surface area is 106 Å². The first-order chi connectivity index (χ1) is 8.72. The molecule has 2 aromatic rings. The molecule has 4 nitrogen and oxygen atoms in total. The van der Waals surface area contributed by atoms with Crippen LogP contribution in [0.1, 0.15) is 24.6 Å². The number of aryl methyl sites for hydroxylation is 1. The lowest BCUT2D eigenvalue weighted by Gasteiger charge is -2.08. The molecule has 0 aliphatic carbocycles. The van der Waals surface area contributed by atoms with E-state index in [1.54, 1.807) is 18.5 Å². The summed E-state index contributed by atoms with van der Waals surface area (Å²) in [5.74, 6) is -0.0666. The fourth-order valence-corrected chi connectivity index (χ4v) is 1.70. The van der Waals surface area contributed by atoms with Gasteiger partial charge in [-0.3, -0.25) is 0 Å². The third kappa shape index (κ3) is 2.73. The van der Waals surface area contributed by atoms with Crippen molar-refractivity contribution in [2.45, 2.75) is 26.8 Å². The maximum absolute atomic E-state index is 14.2. The molecule has 0 bridgehead atoms. The van der Waals surface area contributed by atoms with Crippen LogP contribution in [0.4, 0.5) is 4.39 Å². The summed E-state index contributed by atoms with van der Waals surface area (Å²) in [6, 6.07) is 3.51. The number of nitrogens with zero attached hydrogens (tertiary/aromatic N) is 3. The summed E-state index contributed by atoms with van der Waals surface area (Å²) in [6.45, 7) is 5.32. The lowest BCUT2D eigenvalue weighted by atomic mass is 10.2. The van der Waals surface area contributed by atoms with Crippen molar-refractivity contribution in [3.63, 3.8) is 0 Å². The maximum Gasteiger partial charge on any atom is 0.190 e. The van der Waals surface area contributed by atoms with Crippen molar-refractivity contribution in [3.05, 3.63) is 41.6 Å². The quantitative estimate of drug-likeness (QED) is 0.825. The standard InChI is InChI=1S/C13H17FN4/c1-3-6-15-9-11-4-7-16-13(12(11)14)18-8-5-10(2)17-18/h4-5,7-8,15H,3,6,9H2,1-2H3. The third-order valence-corrected chi connectivity index (χ3v) is 2.63. The largest absolute Gasteiger partial charge is 0.313 e. The fourth-order valence-electron chi connectivity index (χ4n) is 1.70. The second-order valence-electron chi connectivity index (χ2n) is 4.19. The van der Waals surface area contributed by atoms with E-state index in [4.69, 9.17) is 0 Å². The van der Waals surface area contributed by atoms with E-state index in [9.17, 15) is 4.39 Å². The summed E-state index contributed by atoms with van der Waals surface area (Å²) < 4.78 is 15.7. The Balaban J connectivity index is 2.24. The molecule has 0 spiro atoms. The van der Waals surface area contributed by atoms with Gasteiger partial charge < -0.3 is 5.32 Å². The predicted molar refractivity (Wildman–Crippen MR) is 68.1 cm³/mol. The molecular formula is C13H17FN4. The van der Waals surface area contributed by atoms with E-state index < -0.39 is 0 Å². The first-order valence-corrected chi connectivity index (χ1v) is 6.09. The highest BCUT2D eigenvalue weighted by Gasteiger charge is 2.11. The van der Waals surface area contributed by atoms with Gasteiger partial charge in [0, 0.05) is 24.5 Å². The van der Waals surface area contributed by atoms with Gasteiger partial charge in [0.2, 0.25) is 0 Å². The van der Waals surface area contributed by atoms with Crippen molar-refractivity contribution in [3.8, 4) is 5.82 Å². The molecule has 0 atom stereocenters. The average Bonchev–Trinajstić information content (AvgIpc) is 2.78. The summed E-state index contributed by atoms with van der Waals surface area (Å²) in [6.07, 6.45) is 4.35. The molecule has 0 amide bonds. The van der Waals surface area contributed by atoms with Crippen LogP contribution in [0.3, 0.4) is 0 Å². The van der Waals surface area contributed by atoms with Crippen molar-refractivity contribution in [2.24, 2.45) is 0 Å². The van der Waals surface area contributed by atoms with E-state index in [0.717, 1.165) is 18.7 Å². The Kier molecular flexibility index (Phi) is 4.04. The van der Waals surface area contributed by atoms with Crippen LogP contribution in [-0.2, 0) is 6.54 Å². The topological polar surface area (TPSA) is 42.7 Å². The van der Waals surface area contributed by atoms with Gasteiger partial charge >= 0.3 is 0 Å². The second-order valence-corrected chi connectivity index (χ2v) is 4.19. The summed E-state index contributed by atoms with van der Waals surface area (Å²) in [5, 5.41) is 7.35. The molecule has 1 N–H and O–H groups in total. The monoisotopic (exact) mass is 248 g/mol. The number of rotatable bonds is 5. The van der Waals surface area contributed by atoms with Crippen LogP contribution in [0, 0.1) is 12.7 Å². The van der Waals surface area contributed by atoms with Crippen LogP contribution in [0.15, 0.2) is 24.5 Å². The highest BCUT2D eigenvalue weighted by molar-refractivity contribution is 5.30. The molecular weight excluding hydrogens is 231 g/mol. The van der Waals surface area contributed by atoms with Crippen LogP contribution in [0.25, 0.3) is 5.82 Å². The van der Waals surface area contributed by atoms with Gasteiger partial charge in [0.15, 0.2) is 11.6 Å². The number of halogens is 1. The van der Waals surface area contributed by atoms with E-state index in [1.165, 1.54) is 4.68 Å². The van der Waals surface area contributed by atoms with Gasteiger partial charge in [0.05, 0.1) is 5.69 Å². The van der Waals surface area contributed by atoms with Crippen molar-refractivity contribution in [1.29, 1.82) is 0 Å². The van der Waals surface area contributed by atoms with Crippen LogP contribution < -0.4 is 5.32 Å². The Morgan fingerprint density at radius 2 is 2.22 bits per heavy atom. The molecule has 2 aromatic heterocycles. The number of hydrogen-bond acceptors (Lipinski definition) is 3. The zero-order valence-electron chi connectivity index (χ0n) is 10.7. The molecule has 18 heavy (non-hydrogen) atoms. The van der Waals surface area contributed by atoms with E-state index in [2.05, 4.69) is 22.3 Å². The van der Waals surface area contributed by atoms with Gasteiger partial charge in [0.1, 0.15) is 0 Å². The Hall–Kier alpha value is -1.75. The third-order valence-electron chi connectivity index (χ3n) is 2.63. The molecule has 0 unspecified atom stereocenters. The molecule has 0 aliphatic rings. The van der Waals surface area contributed by atoms with Gasteiger partial charge in [-0.15, -0.1) is 0 Å². The maximum atomic E-state index is 14.2. The first kappa shape index (κ1) is 12.7. The van der Waals surface area contributed by atoms with Crippen LogP contribution in [-0.4, -0.2) is 21.3 Å². The average molecular weight is 248 g/mol. The molecule has 5 heteroatoms. The molecule has 96 valence electrons. The van der Waals surface area contributed by atoms with Gasteiger partial charge in [-0.2, -0.15) is 5.10 Å². The minimum atomic E-state index is -0.316. The number of aromatic nitrogens is 3. The van der Waals surface area contributed by atoms with E-state index in [-0.39, 0.29) is 11.6 Å². The lowest BCUT2D eigenvalue weighted by molar-refractivity contribution is 0.566. The van der Waals surface area contributed by atoms with Gasteiger partial charge in [0.25, 0.3) is 0 Å². The SMILES string of the molecule is CCCNCc1ccnc(-n2ccc(C)n2)c1F. The normalized spacial score (nSPS) is 10.8. The van der Waals surface area contributed by atoms with Gasteiger partial charge in [-0.05, 0) is 32.0 Å². The van der Waals surface area contributed by atoms with Crippen LogP contribution in [0.5, 0.6) is 0 Å². The minimum Gasteiger partial charge on any atom is -0.313 e. The Morgan fingerprint density at radius 3 is 2.89 bits per heavy atom. The summed E-state index contributed by atoms with van der Waals surface area (Å²) in [5.41, 5.74) is 1.45. The first-order valence-electron chi connectivity index (χ1n) is 6.09. The Morgan fingerprint density at radius 1 is 1.39 bits per heavy atom. The fraction of sp³-hybridized carbons (Fsp3) is 0.385. The van der Waals surface area contributed by atoms with Crippen molar-refractivity contribution >= 4 is 0 Å². The molecule has 0 aromatic carbocycles. The van der Waals surface area contributed by atoms with Crippen molar-refractivity contribution < 1.29 is 4.39 Å². The number of hydrogen-bond donors (Lipinski definition) is 1. The van der Waals surface area contributed by atoms with E-state index in [1.807, 2.05) is 13.0 Å². The molecule has 0 aliphatic heterocycles. The highest BCUT2D eigenvalue weighted by Crippen LogP contribution is 2.14. The van der Waals surface area contributed by atoms with E-state index >= 15 is 0 Å². The zero-order valence-corrected chi connectivity index (χ0v) is 10.7. The lowest BCUT2D eigenvalue weighted by Crippen LogP contribution is -2.16. The number of pyridine rings is 1. The van der Waals surface area contributed by atoms with Crippen molar-refractivity contribution in [2.75, 3.05) is 6.54 Å². The van der Waals surface area contributed by atoms with E-state index in [0.29, 0.717) is 12.1 Å². The number of nitrogens with one attached hydrogen (secondary N) is 1. The zero-order chi connectivity index (χ0) is 13.0. The molecule has 2 heterocycles.